The number of nitrogens with one attached hydrogen (secondary N) is 1. The number of benzene rings is 2. The third-order valence-electron chi connectivity index (χ3n) is 4.09. The van der Waals surface area contributed by atoms with E-state index in [9.17, 15) is 4.79 Å². The van der Waals surface area contributed by atoms with Crippen LogP contribution in [0, 0.1) is 0 Å². The smallest absolute Gasteiger partial charge is 0.225 e. The van der Waals surface area contributed by atoms with Crippen LogP contribution >= 0.6 is 23.2 Å². The lowest BCUT2D eigenvalue weighted by Crippen LogP contribution is -2.25. The van der Waals surface area contributed by atoms with Crippen molar-refractivity contribution >= 4 is 34.8 Å². The number of anilines is 1. The number of hydrogen-bond donors (Lipinski definition) is 1. The molecule has 4 nitrogen and oxygen atoms in total. The molecule has 1 amide bonds. The van der Waals surface area contributed by atoms with E-state index in [1.54, 1.807) is 12.1 Å². The molecule has 0 saturated carbocycles. The molecule has 1 N–H and O–H groups in total. The molecule has 2 aromatic carbocycles. The molecular weight excluding hydrogens is 337 g/mol. The first kappa shape index (κ1) is 14.7. The van der Waals surface area contributed by atoms with Crippen molar-refractivity contribution in [3.05, 3.63) is 51.5 Å². The molecule has 0 spiro atoms. The van der Waals surface area contributed by atoms with E-state index >= 15 is 0 Å². The van der Waals surface area contributed by atoms with Gasteiger partial charge in [-0.3, -0.25) is 4.79 Å². The second-order valence-electron chi connectivity index (χ2n) is 5.55. The van der Waals surface area contributed by atoms with Gasteiger partial charge >= 0.3 is 0 Å². The first-order chi connectivity index (χ1) is 11.1. The number of halogens is 2. The standard InChI is InChI=1S/C17H13Cl2NO3/c18-9-1-2-10(13(19)5-9)11-7-17(21)20-14-8-16-15(6-12(11)14)22-3-4-23-16/h1-2,5-6,8,11H,3-4,7H2,(H,20,21)/t11-/m1/s1. The summed E-state index contributed by atoms with van der Waals surface area (Å²) in [5.41, 5.74) is 2.59. The number of carbonyl (C=O) groups is 1. The van der Waals surface area contributed by atoms with E-state index in [2.05, 4.69) is 5.32 Å². The van der Waals surface area contributed by atoms with Gasteiger partial charge < -0.3 is 14.8 Å². The van der Waals surface area contributed by atoms with Crippen molar-refractivity contribution in [2.24, 2.45) is 0 Å². The van der Waals surface area contributed by atoms with Crippen LogP contribution in [0.25, 0.3) is 0 Å². The van der Waals surface area contributed by atoms with Crippen LogP contribution in [0.15, 0.2) is 30.3 Å². The second kappa shape index (κ2) is 5.62. The molecule has 2 aromatic rings. The van der Waals surface area contributed by atoms with Gasteiger partial charge in [-0.15, -0.1) is 0 Å². The molecule has 2 aliphatic rings. The van der Waals surface area contributed by atoms with Crippen LogP contribution in [0.5, 0.6) is 11.5 Å². The van der Waals surface area contributed by atoms with Gasteiger partial charge in [0.2, 0.25) is 5.91 Å². The van der Waals surface area contributed by atoms with Gasteiger partial charge in [-0.2, -0.15) is 0 Å². The van der Waals surface area contributed by atoms with Crippen molar-refractivity contribution < 1.29 is 14.3 Å². The van der Waals surface area contributed by atoms with Crippen LogP contribution in [-0.4, -0.2) is 19.1 Å². The van der Waals surface area contributed by atoms with Crippen molar-refractivity contribution in [3.63, 3.8) is 0 Å². The Morgan fingerprint density at radius 1 is 1.00 bits per heavy atom. The Hall–Kier alpha value is -1.91. The van der Waals surface area contributed by atoms with Gasteiger partial charge in [-0.05, 0) is 29.3 Å². The van der Waals surface area contributed by atoms with Crippen LogP contribution in [0.3, 0.4) is 0 Å². The van der Waals surface area contributed by atoms with E-state index in [4.69, 9.17) is 32.7 Å². The molecule has 4 rings (SSSR count). The fourth-order valence-electron chi connectivity index (χ4n) is 3.06. The van der Waals surface area contributed by atoms with E-state index in [1.165, 1.54) is 0 Å². The van der Waals surface area contributed by atoms with Crippen LogP contribution in [0.2, 0.25) is 10.0 Å². The Labute approximate surface area is 143 Å². The normalized spacial score (nSPS) is 19.0. The summed E-state index contributed by atoms with van der Waals surface area (Å²) in [6, 6.07) is 9.10. The Kier molecular flexibility index (Phi) is 3.58. The monoisotopic (exact) mass is 349 g/mol. The summed E-state index contributed by atoms with van der Waals surface area (Å²) in [7, 11) is 0. The molecular formula is C17H13Cl2NO3. The highest BCUT2D eigenvalue weighted by molar-refractivity contribution is 6.35. The minimum atomic E-state index is -0.139. The molecule has 1 atom stereocenters. The molecule has 2 aliphatic heterocycles. The molecule has 0 radical (unpaired) electrons. The van der Waals surface area contributed by atoms with E-state index in [-0.39, 0.29) is 11.8 Å². The fraction of sp³-hybridized carbons (Fsp3) is 0.235. The number of hydrogen-bond acceptors (Lipinski definition) is 3. The van der Waals surface area contributed by atoms with Gasteiger partial charge in [0.05, 0.1) is 0 Å². The predicted molar refractivity (Wildman–Crippen MR) is 89.0 cm³/mol. The Bertz CT molecular complexity index is 807. The lowest BCUT2D eigenvalue weighted by molar-refractivity contribution is -0.116. The summed E-state index contributed by atoms with van der Waals surface area (Å²) in [6.45, 7) is 1.02. The molecule has 0 bridgehead atoms. The highest BCUT2D eigenvalue weighted by atomic mass is 35.5. The third-order valence-corrected chi connectivity index (χ3v) is 4.65. The van der Waals surface area contributed by atoms with Crippen LogP contribution in [-0.2, 0) is 4.79 Å². The van der Waals surface area contributed by atoms with Gasteiger partial charge in [-0.1, -0.05) is 29.3 Å². The molecule has 6 heteroatoms. The molecule has 0 unspecified atom stereocenters. The molecule has 0 aromatic heterocycles. The summed E-state index contributed by atoms with van der Waals surface area (Å²) in [5, 5.41) is 4.02. The summed E-state index contributed by atoms with van der Waals surface area (Å²) in [4.78, 5) is 12.1. The SMILES string of the molecule is O=C1C[C@H](c2ccc(Cl)cc2Cl)c2cc3c(cc2N1)OCCO3. The molecule has 0 saturated heterocycles. The van der Waals surface area contributed by atoms with E-state index in [0.29, 0.717) is 41.2 Å². The van der Waals surface area contributed by atoms with E-state index in [0.717, 1.165) is 16.8 Å². The zero-order chi connectivity index (χ0) is 16.0. The zero-order valence-electron chi connectivity index (χ0n) is 12.1. The van der Waals surface area contributed by atoms with Crippen molar-refractivity contribution in [2.45, 2.75) is 12.3 Å². The quantitative estimate of drug-likeness (QED) is 0.837. The number of ether oxygens (including phenoxy) is 2. The van der Waals surface area contributed by atoms with Crippen molar-refractivity contribution in [2.75, 3.05) is 18.5 Å². The van der Waals surface area contributed by atoms with E-state index in [1.807, 2.05) is 18.2 Å². The zero-order valence-corrected chi connectivity index (χ0v) is 13.6. The molecule has 118 valence electrons. The lowest BCUT2D eigenvalue weighted by Gasteiger charge is -2.29. The summed E-state index contributed by atoms with van der Waals surface area (Å²) in [5.74, 6) is 1.16. The Balaban J connectivity index is 1.85. The van der Waals surface area contributed by atoms with E-state index < -0.39 is 0 Å². The van der Waals surface area contributed by atoms with Crippen LogP contribution in [0.1, 0.15) is 23.5 Å². The summed E-state index contributed by atoms with van der Waals surface area (Å²) < 4.78 is 11.2. The molecule has 2 heterocycles. The number of amides is 1. The maximum absolute atomic E-state index is 12.1. The van der Waals surface area contributed by atoms with Gasteiger partial charge in [-0.25, -0.2) is 0 Å². The Morgan fingerprint density at radius 3 is 2.48 bits per heavy atom. The highest BCUT2D eigenvalue weighted by Crippen LogP contribution is 2.45. The maximum Gasteiger partial charge on any atom is 0.225 e. The minimum Gasteiger partial charge on any atom is -0.486 e. The average molecular weight is 350 g/mol. The van der Waals surface area contributed by atoms with Gasteiger partial charge in [0.1, 0.15) is 13.2 Å². The first-order valence-corrected chi connectivity index (χ1v) is 8.06. The van der Waals surface area contributed by atoms with Crippen LogP contribution in [0.4, 0.5) is 5.69 Å². The summed E-state index contributed by atoms with van der Waals surface area (Å²) >= 11 is 12.3. The number of carbonyl (C=O) groups excluding carboxylic acids is 1. The fourth-order valence-corrected chi connectivity index (χ4v) is 3.60. The number of fused-ring (bicyclic) bond motifs is 2. The van der Waals surface area contributed by atoms with Gasteiger partial charge in [0, 0.05) is 34.1 Å². The van der Waals surface area contributed by atoms with Gasteiger partial charge in [0.25, 0.3) is 0 Å². The predicted octanol–water partition coefficient (Wildman–Crippen LogP) is 4.24. The first-order valence-electron chi connectivity index (χ1n) is 7.30. The molecule has 0 fully saturated rings. The summed E-state index contributed by atoms with van der Waals surface area (Å²) in [6.07, 6.45) is 0.327. The van der Waals surface area contributed by atoms with Gasteiger partial charge in [0.15, 0.2) is 11.5 Å². The highest BCUT2D eigenvalue weighted by Gasteiger charge is 2.30. The minimum absolute atomic E-state index is 0.0507. The second-order valence-corrected chi connectivity index (χ2v) is 6.40. The maximum atomic E-state index is 12.1. The van der Waals surface area contributed by atoms with Crippen molar-refractivity contribution in [1.82, 2.24) is 0 Å². The lowest BCUT2D eigenvalue weighted by atomic mass is 9.84. The number of rotatable bonds is 1. The third kappa shape index (κ3) is 2.62. The largest absolute Gasteiger partial charge is 0.486 e. The Morgan fingerprint density at radius 2 is 1.74 bits per heavy atom. The van der Waals surface area contributed by atoms with Crippen LogP contribution < -0.4 is 14.8 Å². The average Bonchev–Trinajstić information content (AvgIpc) is 2.52. The molecule has 0 aliphatic carbocycles. The molecule has 23 heavy (non-hydrogen) atoms. The van der Waals surface area contributed by atoms with Crippen molar-refractivity contribution in [1.29, 1.82) is 0 Å². The topological polar surface area (TPSA) is 47.6 Å². The van der Waals surface area contributed by atoms with Crippen molar-refractivity contribution in [3.8, 4) is 11.5 Å².